The third-order valence-electron chi connectivity index (χ3n) is 5.33. The predicted molar refractivity (Wildman–Crippen MR) is 135 cm³/mol. The van der Waals surface area contributed by atoms with E-state index in [1.165, 1.54) is 0 Å². The Morgan fingerprint density at radius 1 is 0.524 bits per heavy atom. The molecule has 5 atom stereocenters. The highest BCUT2D eigenvalue weighted by Crippen LogP contribution is 2.56. The lowest BCUT2D eigenvalue weighted by Crippen LogP contribution is -2.91. The van der Waals surface area contributed by atoms with Crippen LogP contribution in [0.4, 0.5) is 0 Å². The SMILES string of the molecule is C=C(C)C(=O)OC1(O)O[C@@](CO)(OC(=O)C(=C)C)[C@@](O)(OC(=O)C(=C)C)[C@](O)(OC(=O)C(=C)C)[C@@]1(O)OC(=O)C(=C)C. The summed E-state index contributed by atoms with van der Waals surface area (Å²) in [5.41, 5.74) is -2.86. The van der Waals surface area contributed by atoms with E-state index in [0.717, 1.165) is 34.6 Å². The third kappa shape index (κ3) is 5.89. The van der Waals surface area contributed by atoms with E-state index in [1.807, 2.05) is 0 Å². The molecular weight excluding hydrogens is 568 g/mol. The number of hydrogen-bond acceptors (Lipinski definition) is 16. The standard InChI is InChI=1S/C26H32O16/c1-12(2)17(28)37-22(11-27)23(33,38-18(29)13(3)4)24(34,39-19(30)14(5)6)25(35,40-20(31)15(7)8)26(36,42-22)41-21(32)16(9)10/h27,33-36H,1,3,5,7,9,11H2,2,4,6,8,10H3/t22-,23-,24+,25-,26?/m1/s1. The van der Waals surface area contributed by atoms with Crippen molar-refractivity contribution in [2.45, 2.75) is 63.7 Å². The van der Waals surface area contributed by atoms with E-state index in [2.05, 4.69) is 37.6 Å². The van der Waals surface area contributed by atoms with Crippen molar-refractivity contribution in [1.29, 1.82) is 0 Å². The highest BCUT2D eigenvalue weighted by molar-refractivity contribution is 5.90. The van der Waals surface area contributed by atoms with Crippen LogP contribution in [0.15, 0.2) is 60.8 Å². The van der Waals surface area contributed by atoms with E-state index in [4.69, 9.17) is 23.7 Å². The molecule has 5 N–H and O–H groups in total. The molecule has 0 aliphatic carbocycles. The Morgan fingerprint density at radius 3 is 1.14 bits per heavy atom. The molecule has 1 aliphatic heterocycles. The van der Waals surface area contributed by atoms with Gasteiger partial charge in [0.1, 0.15) is 6.61 Å². The van der Waals surface area contributed by atoms with Crippen LogP contribution < -0.4 is 0 Å². The van der Waals surface area contributed by atoms with Crippen molar-refractivity contribution in [2.75, 3.05) is 6.61 Å². The maximum Gasteiger partial charge on any atom is 0.407 e. The molecule has 0 aromatic heterocycles. The number of rotatable bonds is 11. The lowest BCUT2D eigenvalue weighted by Gasteiger charge is -2.60. The van der Waals surface area contributed by atoms with Crippen LogP contribution in [0.5, 0.6) is 0 Å². The Bertz CT molecular complexity index is 1280. The fourth-order valence-electron chi connectivity index (χ4n) is 2.95. The summed E-state index contributed by atoms with van der Waals surface area (Å²) in [4.78, 5) is 63.3. The predicted octanol–water partition coefficient (Wildman–Crippen LogP) is -0.986. The highest BCUT2D eigenvalue weighted by atomic mass is 17.0. The fraction of sp³-hybridized carbons (Fsp3) is 0.423. The Balaban J connectivity index is 4.51. The van der Waals surface area contributed by atoms with Gasteiger partial charge in [-0.2, -0.15) is 0 Å². The molecule has 42 heavy (non-hydrogen) atoms. The summed E-state index contributed by atoms with van der Waals surface area (Å²) < 4.78 is 29.0. The van der Waals surface area contributed by atoms with Gasteiger partial charge in [0.15, 0.2) is 0 Å². The van der Waals surface area contributed by atoms with Crippen molar-refractivity contribution in [3.05, 3.63) is 60.8 Å². The van der Waals surface area contributed by atoms with Crippen molar-refractivity contribution in [3.63, 3.8) is 0 Å². The van der Waals surface area contributed by atoms with Gasteiger partial charge in [0.25, 0.3) is 0 Å². The number of esters is 5. The molecule has 1 fully saturated rings. The van der Waals surface area contributed by atoms with E-state index in [0.29, 0.717) is 0 Å². The lowest BCUT2D eigenvalue weighted by atomic mass is 9.83. The van der Waals surface area contributed by atoms with Crippen molar-refractivity contribution < 1.29 is 77.9 Å². The van der Waals surface area contributed by atoms with Crippen LogP contribution in [0.2, 0.25) is 0 Å². The molecule has 0 bridgehead atoms. The zero-order valence-electron chi connectivity index (χ0n) is 23.5. The van der Waals surface area contributed by atoms with E-state index >= 15 is 0 Å². The lowest BCUT2D eigenvalue weighted by molar-refractivity contribution is -0.630. The average Bonchev–Trinajstić information content (AvgIpc) is 2.86. The van der Waals surface area contributed by atoms with Gasteiger partial charge in [-0.15, -0.1) is 0 Å². The van der Waals surface area contributed by atoms with Crippen LogP contribution in [0.25, 0.3) is 0 Å². The molecule has 0 spiro atoms. The second-order valence-corrected chi connectivity index (χ2v) is 9.38. The molecule has 0 aromatic carbocycles. The minimum Gasteiger partial charge on any atom is -0.419 e. The van der Waals surface area contributed by atoms with Crippen LogP contribution in [0, 0.1) is 0 Å². The maximum absolute atomic E-state index is 12.8. The van der Waals surface area contributed by atoms with Gasteiger partial charge in [0.05, 0.1) is 0 Å². The first-order valence-electron chi connectivity index (χ1n) is 11.6. The molecule has 1 saturated heterocycles. The molecule has 0 saturated carbocycles. The van der Waals surface area contributed by atoms with Crippen molar-refractivity contribution in [2.24, 2.45) is 0 Å². The fourth-order valence-corrected chi connectivity index (χ4v) is 2.95. The van der Waals surface area contributed by atoms with E-state index < -0.39 is 93.4 Å². The number of carbonyl (C=O) groups excluding carboxylic acids is 5. The molecular formula is C26H32O16. The van der Waals surface area contributed by atoms with Gasteiger partial charge in [-0.25, -0.2) is 24.0 Å². The molecule has 0 radical (unpaired) electrons. The summed E-state index contributed by atoms with van der Waals surface area (Å²) >= 11 is 0. The molecule has 1 rings (SSSR count). The highest BCUT2D eigenvalue weighted by Gasteiger charge is 2.93. The topological polar surface area (TPSA) is 242 Å². The van der Waals surface area contributed by atoms with Crippen LogP contribution in [0.3, 0.4) is 0 Å². The van der Waals surface area contributed by atoms with Crippen molar-refractivity contribution in [1.82, 2.24) is 0 Å². The first kappa shape index (κ1) is 35.8. The number of aliphatic hydroxyl groups excluding tert-OH is 1. The van der Waals surface area contributed by atoms with Crippen LogP contribution in [-0.2, 0) is 52.4 Å². The minimum absolute atomic E-state index is 0.514. The summed E-state index contributed by atoms with van der Waals surface area (Å²) in [6.07, 6.45) is 0. The van der Waals surface area contributed by atoms with Gasteiger partial charge >= 0.3 is 59.0 Å². The second-order valence-electron chi connectivity index (χ2n) is 9.38. The molecule has 16 heteroatoms. The van der Waals surface area contributed by atoms with Crippen LogP contribution >= 0.6 is 0 Å². The smallest absolute Gasteiger partial charge is 0.407 e. The zero-order chi connectivity index (χ0) is 33.2. The van der Waals surface area contributed by atoms with Gasteiger partial charge in [-0.05, 0) is 34.6 Å². The van der Waals surface area contributed by atoms with Crippen molar-refractivity contribution in [3.8, 4) is 0 Å². The van der Waals surface area contributed by atoms with Crippen LogP contribution in [-0.4, -0.2) is 91.1 Å². The van der Waals surface area contributed by atoms with E-state index in [1.54, 1.807) is 0 Å². The molecule has 1 unspecified atom stereocenters. The summed E-state index contributed by atoms with van der Waals surface area (Å²) in [6, 6.07) is 0. The Labute approximate surface area is 239 Å². The number of ether oxygens (including phenoxy) is 6. The largest absolute Gasteiger partial charge is 0.419 e. The van der Waals surface area contributed by atoms with E-state index in [9.17, 15) is 49.5 Å². The van der Waals surface area contributed by atoms with Gasteiger partial charge in [-0.1, -0.05) is 32.9 Å². The van der Waals surface area contributed by atoms with E-state index in [-0.39, 0.29) is 0 Å². The molecule has 0 amide bonds. The van der Waals surface area contributed by atoms with Gasteiger partial charge < -0.3 is 49.2 Å². The molecule has 0 aromatic rings. The van der Waals surface area contributed by atoms with Gasteiger partial charge in [0.2, 0.25) is 0 Å². The zero-order valence-corrected chi connectivity index (χ0v) is 23.5. The monoisotopic (exact) mass is 600 g/mol. The number of aliphatic hydroxyl groups is 5. The number of carbonyl (C=O) groups is 5. The molecule has 232 valence electrons. The average molecular weight is 601 g/mol. The third-order valence-corrected chi connectivity index (χ3v) is 5.33. The van der Waals surface area contributed by atoms with Crippen molar-refractivity contribution >= 4 is 29.8 Å². The Hall–Kier alpha value is -4.19. The normalized spacial score (nSPS) is 30.1. The summed E-state index contributed by atoms with van der Waals surface area (Å²) in [7, 11) is 0. The van der Waals surface area contributed by atoms with Gasteiger partial charge in [-0.3, -0.25) is 4.74 Å². The second kappa shape index (κ2) is 12.0. The quantitative estimate of drug-likeness (QED) is 0.0827. The maximum atomic E-state index is 12.8. The van der Waals surface area contributed by atoms with Crippen LogP contribution in [0.1, 0.15) is 34.6 Å². The Morgan fingerprint density at radius 2 is 0.810 bits per heavy atom. The molecule has 1 heterocycles. The minimum atomic E-state index is -4.67. The summed E-state index contributed by atoms with van der Waals surface area (Å²) in [5.74, 6) is -30.6. The summed E-state index contributed by atoms with van der Waals surface area (Å²) in [5, 5.41) is 57.4. The van der Waals surface area contributed by atoms with Gasteiger partial charge in [0, 0.05) is 27.9 Å². The first-order chi connectivity index (χ1) is 18.9. The number of hydrogen-bond donors (Lipinski definition) is 5. The first-order valence-corrected chi connectivity index (χ1v) is 11.6. The Kier molecular flexibility index (Phi) is 10.2. The summed E-state index contributed by atoms with van der Waals surface area (Å²) in [6.45, 7) is 19.2. The molecule has 16 nitrogen and oxygen atoms in total. The molecule has 1 aliphatic rings.